The van der Waals surface area contributed by atoms with E-state index in [2.05, 4.69) is 5.16 Å². The van der Waals surface area contributed by atoms with Crippen molar-refractivity contribution in [2.45, 2.75) is 13.2 Å². The van der Waals surface area contributed by atoms with E-state index in [4.69, 9.17) is 18.7 Å². The van der Waals surface area contributed by atoms with Gasteiger partial charge in [0.2, 0.25) is 6.79 Å². The van der Waals surface area contributed by atoms with Crippen LogP contribution in [0, 0.1) is 0 Å². The number of ether oxygens (including phenoxy) is 3. The van der Waals surface area contributed by atoms with E-state index in [1.807, 2.05) is 0 Å². The Balaban J connectivity index is 1.82. The number of hydrogen-bond donors (Lipinski definition) is 1. The fourth-order valence-corrected chi connectivity index (χ4v) is 1.68. The van der Waals surface area contributed by atoms with E-state index >= 15 is 0 Å². The van der Waals surface area contributed by atoms with Gasteiger partial charge in [0.05, 0.1) is 12.8 Å². The average Bonchev–Trinajstić information content (AvgIpc) is 3.05. The summed E-state index contributed by atoms with van der Waals surface area (Å²) in [5, 5.41) is 12.9. The summed E-state index contributed by atoms with van der Waals surface area (Å²) in [4.78, 5) is 0. The lowest BCUT2D eigenvalue weighted by molar-refractivity contribution is 0.173. The predicted octanol–water partition coefficient (Wildman–Crippen LogP) is 1.47. The molecule has 1 aromatic heterocycles. The van der Waals surface area contributed by atoms with Gasteiger partial charge >= 0.3 is 0 Å². The Hall–Kier alpha value is -2.21. The van der Waals surface area contributed by atoms with Crippen molar-refractivity contribution in [2.24, 2.45) is 0 Å². The monoisotopic (exact) mass is 249 g/mol. The highest BCUT2D eigenvalue weighted by Crippen LogP contribution is 2.38. The summed E-state index contributed by atoms with van der Waals surface area (Å²) < 4.78 is 20.8. The summed E-state index contributed by atoms with van der Waals surface area (Å²) in [6, 6.07) is 3.42. The van der Waals surface area contributed by atoms with Crippen LogP contribution < -0.4 is 14.2 Å². The molecule has 2 aromatic rings. The number of aromatic nitrogens is 1. The smallest absolute Gasteiger partial charge is 0.231 e. The molecule has 0 bridgehead atoms. The molecule has 94 valence electrons. The van der Waals surface area contributed by atoms with E-state index in [1.54, 1.807) is 18.3 Å². The predicted molar refractivity (Wildman–Crippen MR) is 59.3 cm³/mol. The lowest BCUT2D eigenvalue weighted by Crippen LogP contribution is -1.98. The molecule has 1 N–H and O–H groups in total. The Morgan fingerprint density at radius 2 is 2.11 bits per heavy atom. The van der Waals surface area contributed by atoms with E-state index in [9.17, 15) is 5.11 Å². The average molecular weight is 249 g/mol. The molecular formula is C12H11NO5. The van der Waals surface area contributed by atoms with Gasteiger partial charge in [-0.3, -0.25) is 0 Å². The lowest BCUT2D eigenvalue weighted by Gasteiger charge is -2.10. The Morgan fingerprint density at radius 3 is 2.83 bits per heavy atom. The Bertz CT molecular complexity index is 538. The second-order valence-corrected chi connectivity index (χ2v) is 3.79. The topological polar surface area (TPSA) is 74.0 Å². The molecule has 2 heterocycles. The molecule has 6 nitrogen and oxygen atoms in total. The first-order chi connectivity index (χ1) is 8.86. The zero-order valence-corrected chi connectivity index (χ0v) is 9.46. The van der Waals surface area contributed by atoms with Gasteiger partial charge in [-0.15, -0.1) is 0 Å². The first-order valence-corrected chi connectivity index (χ1v) is 5.41. The molecule has 1 aliphatic rings. The second-order valence-electron chi connectivity index (χ2n) is 3.79. The first kappa shape index (κ1) is 10.9. The third kappa shape index (κ3) is 1.98. The first-order valence-electron chi connectivity index (χ1n) is 5.41. The minimum atomic E-state index is -0.129. The van der Waals surface area contributed by atoms with Crippen molar-refractivity contribution in [3.05, 3.63) is 35.7 Å². The van der Waals surface area contributed by atoms with Crippen molar-refractivity contribution in [1.29, 1.82) is 0 Å². The minimum Gasteiger partial charge on any atom is -0.488 e. The van der Waals surface area contributed by atoms with Crippen molar-refractivity contribution in [3.63, 3.8) is 0 Å². The van der Waals surface area contributed by atoms with Gasteiger partial charge in [0.1, 0.15) is 18.6 Å². The fraction of sp³-hybridized carbons (Fsp3) is 0.250. The third-order valence-electron chi connectivity index (χ3n) is 2.60. The zero-order chi connectivity index (χ0) is 12.4. The highest BCUT2D eigenvalue weighted by molar-refractivity contribution is 5.51. The normalized spacial score (nSPS) is 12.7. The molecule has 1 aromatic carbocycles. The van der Waals surface area contributed by atoms with Gasteiger partial charge in [-0.05, 0) is 6.07 Å². The van der Waals surface area contributed by atoms with Gasteiger partial charge in [-0.2, -0.15) is 0 Å². The second kappa shape index (κ2) is 4.58. The number of hydrogen-bond acceptors (Lipinski definition) is 6. The number of fused-ring (bicyclic) bond motifs is 1. The molecule has 0 atom stereocenters. The lowest BCUT2D eigenvalue weighted by atomic mass is 10.2. The van der Waals surface area contributed by atoms with E-state index in [-0.39, 0.29) is 13.4 Å². The van der Waals surface area contributed by atoms with Crippen molar-refractivity contribution in [2.75, 3.05) is 6.79 Å². The Morgan fingerprint density at radius 1 is 1.28 bits per heavy atom. The van der Waals surface area contributed by atoms with Crippen LogP contribution in [-0.4, -0.2) is 17.1 Å². The maximum absolute atomic E-state index is 9.30. The van der Waals surface area contributed by atoms with Crippen LogP contribution in [0.3, 0.4) is 0 Å². The van der Waals surface area contributed by atoms with Gasteiger partial charge in [-0.1, -0.05) is 5.16 Å². The van der Waals surface area contributed by atoms with Crippen molar-refractivity contribution >= 4 is 0 Å². The Kier molecular flexibility index (Phi) is 2.77. The van der Waals surface area contributed by atoms with Crippen LogP contribution in [-0.2, 0) is 13.2 Å². The molecule has 18 heavy (non-hydrogen) atoms. The third-order valence-corrected chi connectivity index (χ3v) is 2.60. The van der Waals surface area contributed by atoms with Gasteiger partial charge < -0.3 is 23.8 Å². The molecule has 0 saturated carbocycles. The molecule has 0 fully saturated rings. The van der Waals surface area contributed by atoms with Crippen LogP contribution in [0.15, 0.2) is 29.1 Å². The molecule has 0 unspecified atom stereocenters. The van der Waals surface area contributed by atoms with Crippen LogP contribution in [0.4, 0.5) is 0 Å². The number of benzene rings is 1. The molecule has 6 heteroatoms. The van der Waals surface area contributed by atoms with Crippen LogP contribution in [0.1, 0.15) is 11.1 Å². The van der Waals surface area contributed by atoms with E-state index in [1.165, 1.54) is 6.26 Å². The molecule has 0 radical (unpaired) electrons. The summed E-state index contributed by atoms with van der Waals surface area (Å²) in [6.45, 7) is 0.376. The van der Waals surface area contributed by atoms with Crippen molar-refractivity contribution in [1.82, 2.24) is 5.16 Å². The van der Waals surface area contributed by atoms with Crippen molar-refractivity contribution in [3.8, 4) is 17.2 Å². The van der Waals surface area contributed by atoms with Crippen LogP contribution >= 0.6 is 0 Å². The largest absolute Gasteiger partial charge is 0.488 e. The fourth-order valence-electron chi connectivity index (χ4n) is 1.68. The zero-order valence-electron chi connectivity index (χ0n) is 9.46. The van der Waals surface area contributed by atoms with Gasteiger partial charge in [-0.25, -0.2) is 0 Å². The number of aliphatic hydroxyl groups excluding tert-OH is 1. The molecule has 1 aliphatic heterocycles. The van der Waals surface area contributed by atoms with Crippen molar-refractivity contribution < 1.29 is 23.8 Å². The SMILES string of the molecule is OCc1cc2c(cc1OCc1cnoc1)OCO2. The van der Waals surface area contributed by atoms with E-state index in [0.717, 1.165) is 5.56 Å². The molecule has 0 aliphatic carbocycles. The summed E-state index contributed by atoms with van der Waals surface area (Å²) in [5.74, 6) is 1.80. The molecule has 0 spiro atoms. The van der Waals surface area contributed by atoms with Gasteiger partial charge in [0.25, 0.3) is 0 Å². The van der Waals surface area contributed by atoms with Gasteiger partial charge in [0.15, 0.2) is 11.5 Å². The van der Waals surface area contributed by atoms with E-state index in [0.29, 0.717) is 29.4 Å². The number of nitrogens with zero attached hydrogens (tertiary/aromatic N) is 1. The maximum Gasteiger partial charge on any atom is 0.231 e. The Labute approximate surface area is 103 Å². The quantitative estimate of drug-likeness (QED) is 0.884. The van der Waals surface area contributed by atoms with Gasteiger partial charge in [0, 0.05) is 17.2 Å². The summed E-state index contributed by atoms with van der Waals surface area (Å²) in [7, 11) is 0. The summed E-state index contributed by atoms with van der Waals surface area (Å²) in [6.07, 6.45) is 3.08. The minimum absolute atomic E-state index is 0.129. The number of aliphatic hydroxyl groups is 1. The van der Waals surface area contributed by atoms with Crippen LogP contribution in [0.2, 0.25) is 0 Å². The highest BCUT2D eigenvalue weighted by Gasteiger charge is 2.17. The van der Waals surface area contributed by atoms with Crippen LogP contribution in [0.5, 0.6) is 17.2 Å². The molecule has 0 saturated heterocycles. The number of rotatable bonds is 4. The molecular weight excluding hydrogens is 238 g/mol. The van der Waals surface area contributed by atoms with E-state index < -0.39 is 0 Å². The maximum atomic E-state index is 9.30. The standard InChI is InChI=1S/C12H11NO5/c14-4-9-1-11-12(17-7-16-11)2-10(9)15-5-8-3-13-18-6-8/h1-3,6,14H,4-5,7H2. The van der Waals surface area contributed by atoms with Crippen LogP contribution in [0.25, 0.3) is 0 Å². The summed E-state index contributed by atoms with van der Waals surface area (Å²) >= 11 is 0. The highest BCUT2D eigenvalue weighted by atomic mass is 16.7. The molecule has 3 rings (SSSR count). The molecule has 0 amide bonds. The summed E-state index contributed by atoms with van der Waals surface area (Å²) in [5.41, 5.74) is 1.47.